The second-order valence-corrected chi connectivity index (χ2v) is 18.2. The van der Waals surface area contributed by atoms with Crippen LogP contribution in [-0.4, -0.2) is 148 Å². The second-order valence-electron chi connectivity index (χ2n) is 18.2. The van der Waals surface area contributed by atoms with Crippen LogP contribution in [0.3, 0.4) is 0 Å². The van der Waals surface area contributed by atoms with Crippen LogP contribution in [0.2, 0.25) is 0 Å². The summed E-state index contributed by atoms with van der Waals surface area (Å²) in [7, 11) is 0. The van der Waals surface area contributed by atoms with Crippen molar-refractivity contribution in [2.24, 2.45) is 23.3 Å². The molecule has 388 valence electrons. The number of aliphatic hydroxyl groups excluding tert-OH is 1. The van der Waals surface area contributed by atoms with E-state index in [1.807, 2.05) is 44.2 Å². The smallest absolute Gasteiger partial charge is 0.336 e. The van der Waals surface area contributed by atoms with Crippen LogP contribution in [0.1, 0.15) is 114 Å². The number of carboxylic acid groups (broad SMARTS) is 3. The van der Waals surface area contributed by atoms with E-state index in [9.17, 15) is 43.5 Å². The first kappa shape index (κ1) is 58.2. The number of carbonyl (C=O) groups is 8. The predicted molar refractivity (Wildman–Crippen MR) is 254 cm³/mol. The zero-order valence-corrected chi connectivity index (χ0v) is 40.3. The molecule has 23 nitrogen and oxygen atoms in total. The number of urea groups is 1. The summed E-state index contributed by atoms with van der Waals surface area (Å²) in [5.41, 5.74) is 17.1. The van der Waals surface area contributed by atoms with Crippen LogP contribution >= 0.6 is 0 Å². The molecule has 2 aromatic rings. The summed E-state index contributed by atoms with van der Waals surface area (Å²) < 4.78 is 0. The molecule has 2 heterocycles. The molecule has 1 aliphatic heterocycles. The molecule has 2 fully saturated rings. The fourth-order valence-corrected chi connectivity index (χ4v) is 8.19. The predicted octanol–water partition coefficient (Wildman–Crippen LogP) is 0.804. The Morgan fingerprint density at radius 1 is 0.929 bits per heavy atom. The molecular formula is C47H72N10O13. The lowest BCUT2D eigenvalue weighted by atomic mass is 9.83. The normalized spacial score (nSPS) is 16.5. The van der Waals surface area contributed by atoms with Crippen LogP contribution < -0.4 is 33.2 Å². The fourth-order valence-electron chi connectivity index (χ4n) is 8.19. The third kappa shape index (κ3) is 19.0. The van der Waals surface area contributed by atoms with Gasteiger partial charge in [0.05, 0.1) is 31.4 Å². The number of aliphatic carboxylic acids is 3. The van der Waals surface area contributed by atoms with E-state index in [0.29, 0.717) is 61.0 Å². The third-order valence-electron chi connectivity index (χ3n) is 12.6. The summed E-state index contributed by atoms with van der Waals surface area (Å²) in [4.78, 5) is 110. The number of nitrogens with one attached hydrogen (secondary N) is 3. The van der Waals surface area contributed by atoms with Crippen LogP contribution in [0.15, 0.2) is 36.5 Å². The number of imide groups is 3. The average Bonchev–Trinajstić information content (AvgIpc) is 3.29. The molecule has 0 bridgehead atoms. The van der Waals surface area contributed by atoms with Gasteiger partial charge in [0.2, 0.25) is 17.7 Å². The molecule has 1 aromatic heterocycles. The molecular weight excluding hydrogens is 913 g/mol. The molecule has 1 unspecified atom stereocenters. The van der Waals surface area contributed by atoms with Crippen molar-refractivity contribution in [3.05, 3.63) is 53.5 Å². The standard InChI is InChI=1S/C41H64N10O6.C6H8O7/c1-4-26(2)37(47-25-30-24-46-27(3)48-38(30)44)40(56)51(36(54)23-34(52)32(43)21-28-11-7-5-8-12-28)35(53)15-18-45-39(55)33(22-29-13-9-6-10-14-29)49-41(57)50-19-16-31(42)17-20-50;7-3(8)1-6(13,5(11)12)2-4(9)10/h6,9-10,13-14,24,26,28,31-34,37,47,52H,4-5,7-8,11-12,15-23,25,42-43H2,1-3H3,(H,45,55)(H,49,57)(H2,44,46,48);13H,1-2H2,(H,7,8)(H,9,10)(H,11,12)/t26-,32-,33-,34?,37-;/m0./s1. The molecule has 4 rings (SSSR count). The van der Waals surface area contributed by atoms with Crippen LogP contribution in [0.4, 0.5) is 10.6 Å². The number of aryl methyl sites for hydroxylation is 1. The maximum atomic E-state index is 14.4. The first-order valence-electron chi connectivity index (χ1n) is 23.7. The number of aromatic nitrogens is 2. The second kappa shape index (κ2) is 28.5. The van der Waals surface area contributed by atoms with E-state index in [0.717, 1.165) is 37.7 Å². The molecule has 5 atom stereocenters. The zero-order valence-electron chi connectivity index (χ0n) is 40.3. The largest absolute Gasteiger partial charge is 0.481 e. The third-order valence-corrected chi connectivity index (χ3v) is 12.6. The van der Waals surface area contributed by atoms with Gasteiger partial charge in [-0.3, -0.25) is 28.8 Å². The summed E-state index contributed by atoms with van der Waals surface area (Å²) in [6.45, 7) is 6.22. The van der Waals surface area contributed by atoms with E-state index in [2.05, 4.69) is 25.9 Å². The van der Waals surface area contributed by atoms with E-state index in [1.165, 1.54) is 0 Å². The number of likely N-dealkylation sites (tertiary alicyclic amines) is 1. The number of benzene rings is 1. The van der Waals surface area contributed by atoms with Gasteiger partial charge in [-0.2, -0.15) is 0 Å². The number of piperidine rings is 1. The Hall–Kier alpha value is -6.14. The number of hydrogen-bond acceptors (Lipinski definition) is 16. The summed E-state index contributed by atoms with van der Waals surface area (Å²) in [5.74, 6) is -7.33. The lowest BCUT2D eigenvalue weighted by molar-refractivity contribution is -0.170. The Bertz CT molecular complexity index is 2070. The van der Waals surface area contributed by atoms with Gasteiger partial charge in [-0.1, -0.05) is 82.7 Å². The molecule has 70 heavy (non-hydrogen) atoms. The van der Waals surface area contributed by atoms with Gasteiger partial charge < -0.3 is 63.6 Å². The molecule has 1 saturated carbocycles. The summed E-state index contributed by atoms with van der Waals surface area (Å²) in [6, 6.07) is 6.18. The number of nitrogens with zero attached hydrogens (tertiary/aromatic N) is 4. The van der Waals surface area contributed by atoms with Gasteiger partial charge in [0.1, 0.15) is 17.7 Å². The molecule has 6 amide bonds. The number of amides is 6. The summed E-state index contributed by atoms with van der Waals surface area (Å²) in [6.07, 6.45) is 4.99. The monoisotopic (exact) mass is 985 g/mol. The number of carbonyl (C=O) groups excluding carboxylic acids is 5. The highest BCUT2D eigenvalue weighted by Gasteiger charge is 2.41. The molecule has 14 N–H and O–H groups in total. The SMILES string of the molecule is CC[C@H](C)[C@H](NCc1cnc(C)nc1N)C(=O)N(C(=O)CCNC(=O)[C@H](Cc1ccccc1)NC(=O)N1CCC(N)CC1)C(=O)CC(O)[C@@H](N)CC1CCCCC1.O=C(O)CC(O)(CC(=O)O)C(=O)O. The molecule has 0 spiro atoms. The van der Waals surface area contributed by atoms with Crippen LogP contribution in [0, 0.1) is 18.8 Å². The lowest BCUT2D eigenvalue weighted by Gasteiger charge is -2.31. The van der Waals surface area contributed by atoms with E-state index in [1.54, 1.807) is 18.0 Å². The van der Waals surface area contributed by atoms with Crippen molar-refractivity contribution < 1.29 is 63.9 Å². The van der Waals surface area contributed by atoms with Crippen LogP contribution in [-0.2, 0) is 46.5 Å². The number of rotatable bonds is 23. The fraction of sp³-hybridized carbons (Fsp3) is 0.617. The quantitative estimate of drug-likeness (QED) is 0.0733. The number of nitrogen functional groups attached to an aromatic ring is 1. The van der Waals surface area contributed by atoms with Gasteiger partial charge >= 0.3 is 23.9 Å². The molecule has 2 aliphatic rings. The highest BCUT2D eigenvalue weighted by molar-refractivity contribution is 6.12. The average molecular weight is 985 g/mol. The minimum absolute atomic E-state index is 0.0210. The first-order chi connectivity index (χ1) is 33.0. The van der Waals surface area contributed by atoms with E-state index in [-0.39, 0.29) is 43.3 Å². The van der Waals surface area contributed by atoms with Crippen molar-refractivity contribution in [3.8, 4) is 0 Å². The van der Waals surface area contributed by atoms with E-state index >= 15 is 0 Å². The van der Waals surface area contributed by atoms with Gasteiger partial charge in [0.15, 0.2) is 5.60 Å². The zero-order chi connectivity index (χ0) is 52.1. The highest BCUT2D eigenvalue weighted by atomic mass is 16.4. The highest BCUT2D eigenvalue weighted by Crippen LogP contribution is 2.28. The molecule has 23 heteroatoms. The van der Waals surface area contributed by atoms with Gasteiger partial charge in [0.25, 0.3) is 5.91 Å². The Morgan fingerprint density at radius 3 is 2.10 bits per heavy atom. The van der Waals surface area contributed by atoms with Crippen molar-refractivity contribution in [2.45, 2.75) is 153 Å². The number of anilines is 1. The van der Waals surface area contributed by atoms with Gasteiger partial charge in [0, 0.05) is 62.9 Å². The van der Waals surface area contributed by atoms with E-state index in [4.69, 9.17) is 37.6 Å². The molecule has 1 saturated heterocycles. The maximum absolute atomic E-state index is 14.4. The molecule has 0 radical (unpaired) electrons. The van der Waals surface area contributed by atoms with E-state index < -0.39 is 97.1 Å². The minimum atomic E-state index is -2.74. The van der Waals surface area contributed by atoms with Gasteiger partial charge in [-0.15, -0.1) is 0 Å². The minimum Gasteiger partial charge on any atom is -0.481 e. The number of carboxylic acids is 3. The maximum Gasteiger partial charge on any atom is 0.336 e. The van der Waals surface area contributed by atoms with Crippen molar-refractivity contribution in [2.75, 3.05) is 25.4 Å². The number of aliphatic hydroxyl groups is 2. The Kier molecular flexibility index (Phi) is 23.7. The summed E-state index contributed by atoms with van der Waals surface area (Å²) in [5, 5.41) is 53.6. The van der Waals surface area contributed by atoms with Crippen LogP contribution in [0.25, 0.3) is 0 Å². The molecule has 1 aromatic carbocycles. The Morgan fingerprint density at radius 2 is 1.54 bits per heavy atom. The topological polar surface area (TPSA) is 384 Å². The van der Waals surface area contributed by atoms with Crippen molar-refractivity contribution in [3.63, 3.8) is 0 Å². The van der Waals surface area contributed by atoms with Crippen molar-refractivity contribution >= 4 is 53.4 Å². The van der Waals surface area contributed by atoms with Crippen molar-refractivity contribution in [1.29, 1.82) is 0 Å². The van der Waals surface area contributed by atoms with Crippen molar-refractivity contribution in [1.82, 2.24) is 35.7 Å². The lowest BCUT2D eigenvalue weighted by Crippen LogP contribution is -2.56. The number of hydrogen-bond donors (Lipinski definition) is 11. The number of nitrogens with two attached hydrogens (primary N) is 3. The van der Waals surface area contributed by atoms with Gasteiger partial charge in [-0.05, 0) is 43.6 Å². The molecule has 1 aliphatic carbocycles. The van der Waals surface area contributed by atoms with Crippen LogP contribution in [0.5, 0.6) is 0 Å². The van der Waals surface area contributed by atoms with Gasteiger partial charge in [-0.25, -0.2) is 24.5 Å². The Balaban J connectivity index is 0.000000869. The Labute approximate surface area is 407 Å². The summed E-state index contributed by atoms with van der Waals surface area (Å²) >= 11 is 0. The first-order valence-corrected chi connectivity index (χ1v) is 23.7.